The molecule has 1 aromatic heterocycles. The van der Waals surface area contributed by atoms with Gasteiger partial charge in [-0.1, -0.05) is 48.0 Å². The summed E-state index contributed by atoms with van der Waals surface area (Å²) in [6.45, 7) is 2.70. The standard InChI is InChI=1S/C27H29ClN4O3/c1-18-6-3-4-7-19(18)11-14-23-22(26(34)29-17-25(33)35-2)16-30-27(31-23)32-15-5-8-24(32)20-9-12-21(28)13-10-20/h3-4,6-7,9-10,12-13,16,24H,5,8,11,14-15,17H2,1-2H3,(H,29,34)/t24-/m0/s1. The monoisotopic (exact) mass is 492 g/mol. The smallest absolute Gasteiger partial charge is 0.325 e. The molecule has 2 heterocycles. The summed E-state index contributed by atoms with van der Waals surface area (Å²) in [7, 11) is 1.28. The minimum Gasteiger partial charge on any atom is -0.468 e. The Hall–Kier alpha value is -3.45. The number of carbonyl (C=O) groups excluding carboxylic acids is 2. The van der Waals surface area contributed by atoms with E-state index in [1.807, 2.05) is 36.4 Å². The number of hydrogen-bond acceptors (Lipinski definition) is 6. The van der Waals surface area contributed by atoms with Crippen molar-refractivity contribution in [3.63, 3.8) is 0 Å². The van der Waals surface area contributed by atoms with Crippen LogP contribution in [0.3, 0.4) is 0 Å². The molecule has 1 saturated heterocycles. The Morgan fingerprint density at radius 1 is 1.14 bits per heavy atom. The lowest BCUT2D eigenvalue weighted by Crippen LogP contribution is -2.32. The first kappa shape index (κ1) is 24.7. The third kappa shape index (κ3) is 5.98. The van der Waals surface area contributed by atoms with Gasteiger partial charge in [-0.3, -0.25) is 9.59 Å². The molecule has 0 saturated carbocycles. The summed E-state index contributed by atoms with van der Waals surface area (Å²) in [4.78, 5) is 36.0. The van der Waals surface area contributed by atoms with E-state index in [-0.39, 0.29) is 12.6 Å². The van der Waals surface area contributed by atoms with Crippen molar-refractivity contribution in [2.24, 2.45) is 0 Å². The van der Waals surface area contributed by atoms with E-state index in [9.17, 15) is 9.59 Å². The van der Waals surface area contributed by atoms with Crippen LogP contribution in [0.15, 0.2) is 54.7 Å². The van der Waals surface area contributed by atoms with Crippen molar-refractivity contribution >= 4 is 29.4 Å². The van der Waals surface area contributed by atoms with Crippen molar-refractivity contribution in [2.75, 3.05) is 25.1 Å². The number of carbonyl (C=O) groups is 2. The highest BCUT2D eigenvalue weighted by Crippen LogP contribution is 2.35. The van der Waals surface area contributed by atoms with Crippen molar-refractivity contribution in [1.82, 2.24) is 15.3 Å². The van der Waals surface area contributed by atoms with Crippen LogP contribution in [-0.2, 0) is 22.4 Å². The van der Waals surface area contributed by atoms with Gasteiger partial charge in [-0.25, -0.2) is 9.97 Å². The number of benzene rings is 2. The van der Waals surface area contributed by atoms with E-state index in [0.29, 0.717) is 28.6 Å². The van der Waals surface area contributed by atoms with Gasteiger partial charge in [-0.05, 0) is 61.4 Å². The van der Waals surface area contributed by atoms with Gasteiger partial charge in [0, 0.05) is 17.8 Å². The number of ether oxygens (including phenoxy) is 1. The first-order valence-electron chi connectivity index (χ1n) is 11.7. The van der Waals surface area contributed by atoms with Crippen LogP contribution in [0.4, 0.5) is 5.95 Å². The van der Waals surface area contributed by atoms with Crippen molar-refractivity contribution in [3.05, 3.63) is 87.7 Å². The maximum Gasteiger partial charge on any atom is 0.325 e. The summed E-state index contributed by atoms with van der Waals surface area (Å²) in [5, 5.41) is 3.31. The molecule has 1 amide bonds. The number of aryl methyl sites for hydroxylation is 3. The van der Waals surface area contributed by atoms with Crippen molar-refractivity contribution in [3.8, 4) is 0 Å². The van der Waals surface area contributed by atoms with Crippen LogP contribution in [0.2, 0.25) is 5.02 Å². The second kappa shape index (κ2) is 11.3. The Morgan fingerprint density at radius 2 is 1.91 bits per heavy atom. The van der Waals surface area contributed by atoms with E-state index in [1.165, 1.54) is 18.2 Å². The minimum absolute atomic E-state index is 0.149. The van der Waals surface area contributed by atoms with E-state index in [0.717, 1.165) is 31.4 Å². The quantitative estimate of drug-likeness (QED) is 0.467. The lowest BCUT2D eigenvalue weighted by Gasteiger charge is -2.26. The number of nitrogens with one attached hydrogen (secondary N) is 1. The highest BCUT2D eigenvalue weighted by atomic mass is 35.5. The summed E-state index contributed by atoms with van der Waals surface area (Å²) in [5.41, 5.74) is 4.59. The number of aromatic nitrogens is 2. The SMILES string of the molecule is COC(=O)CNC(=O)c1cnc(N2CCC[C@H]2c2ccc(Cl)cc2)nc1CCc1ccccc1C. The fraction of sp³-hybridized carbons (Fsp3) is 0.333. The van der Waals surface area contributed by atoms with Gasteiger partial charge in [-0.15, -0.1) is 0 Å². The number of amides is 1. The van der Waals surface area contributed by atoms with Crippen molar-refractivity contribution in [2.45, 2.75) is 38.6 Å². The third-order valence-corrected chi connectivity index (χ3v) is 6.63. The van der Waals surface area contributed by atoms with Crippen LogP contribution in [0.5, 0.6) is 0 Å². The van der Waals surface area contributed by atoms with Gasteiger partial charge in [0.25, 0.3) is 5.91 Å². The Kier molecular flexibility index (Phi) is 7.98. The molecule has 1 atom stereocenters. The molecule has 4 rings (SSSR count). The molecule has 0 spiro atoms. The predicted molar refractivity (Wildman–Crippen MR) is 136 cm³/mol. The topological polar surface area (TPSA) is 84.4 Å². The lowest BCUT2D eigenvalue weighted by atomic mass is 10.0. The Bertz CT molecular complexity index is 1200. The number of rotatable bonds is 8. The summed E-state index contributed by atoms with van der Waals surface area (Å²) < 4.78 is 4.63. The molecular weight excluding hydrogens is 464 g/mol. The van der Waals surface area contributed by atoms with E-state index in [4.69, 9.17) is 16.6 Å². The second-order valence-electron chi connectivity index (χ2n) is 8.62. The van der Waals surface area contributed by atoms with E-state index in [1.54, 1.807) is 6.20 Å². The molecule has 1 fully saturated rings. The van der Waals surface area contributed by atoms with Gasteiger partial charge >= 0.3 is 5.97 Å². The molecule has 1 aliphatic heterocycles. The maximum atomic E-state index is 12.9. The number of methoxy groups -OCH3 is 1. The van der Waals surface area contributed by atoms with Gasteiger partial charge in [0.2, 0.25) is 5.95 Å². The number of esters is 1. The molecule has 35 heavy (non-hydrogen) atoms. The van der Waals surface area contributed by atoms with Gasteiger partial charge in [0.1, 0.15) is 6.54 Å². The molecule has 7 nitrogen and oxygen atoms in total. The van der Waals surface area contributed by atoms with Crippen molar-refractivity contribution < 1.29 is 14.3 Å². The zero-order valence-corrected chi connectivity index (χ0v) is 20.7. The molecule has 3 aromatic rings. The molecule has 2 aromatic carbocycles. The first-order valence-corrected chi connectivity index (χ1v) is 12.1. The molecule has 0 unspecified atom stereocenters. The average Bonchev–Trinajstić information content (AvgIpc) is 3.37. The van der Waals surface area contributed by atoms with Gasteiger partial charge in [-0.2, -0.15) is 0 Å². The lowest BCUT2D eigenvalue weighted by molar-refractivity contribution is -0.139. The molecule has 182 valence electrons. The highest BCUT2D eigenvalue weighted by Gasteiger charge is 2.29. The summed E-state index contributed by atoms with van der Waals surface area (Å²) in [5.74, 6) is -0.301. The van der Waals surface area contributed by atoms with Crippen LogP contribution >= 0.6 is 11.6 Å². The maximum absolute atomic E-state index is 12.9. The van der Waals surface area contributed by atoms with Crippen LogP contribution in [0.25, 0.3) is 0 Å². The molecule has 0 radical (unpaired) electrons. The molecule has 0 bridgehead atoms. The van der Waals surface area contributed by atoms with Crippen LogP contribution < -0.4 is 10.2 Å². The minimum atomic E-state index is -0.514. The Morgan fingerprint density at radius 3 is 2.66 bits per heavy atom. The molecule has 1 aliphatic rings. The number of nitrogens with zero attached hydrogens (tertiary/aromatic N) is 3. The molecule has 8 heteroatoms. The second-order valence-corrected chi connectivity index (χ2v) is 9.06. The number of halogens is 1. The van der Waals surface area contributed by atoms with Crippen molar-refractivity contribution in [1.29, 1.82) is 0 Å². The third-order valence-electron chi connectivity index (χ3n) is 6.38. The van der Waals surface area contributed by atoms with Gasteiger partial charge in [0.15, 0.2) is 0 Å². The van der Waals surface area contributed by atoms with Crippen LogP contribution in [-0.4, -0.2) is 42.0 Å². The van der Waals surface area contributed by atoms with E-state index >= 15 is 0 Å². The Balaban J connectivity index is 1.62. The normalized spacial score (nSPS) is 15.2. The summed E-state index contributed by atoms with van der Waals surface area (Å²) >= 11 is 6.09. The summed E-state index contributed by atoms with van der Waals surface area (Å²) in [6, 6.07) is 16.2. The predicted octanol–water partition coefficient (Wildman–Crippen LogP) is 4.47. The summed E-state index contributed by atoms with van der Waals surface area (Å²) in [6.07, 6.45) is 4.89. The van der Waals surface area contributed by atoms with Crippen LogP contribution in [0, 0.1) is 6.92 Å². The van der Waals surface area contributed by atoms with Crippen LogP contribution in [0.1, 0.15) is 51.6 Å². The Labute approximate surface area is 210 Å². The van der Waals surface area contributed by atoms with Gasteiger partial charge < -0.3 is 15.0 Å². The van der Waals surface area contributed by atoms with E-state index < -0.39 is 11.9 Å². The average molecular weight is 493 g/mol. The fourth-order valence-corrected chi connectivity index (χ4v) is 4.55. The molecular formula is C27H29ClN4O3. The highest BCUT2D eigenvalue weighted by molar-refractivity contribution is 6.30. The van der Waals surface area contributed by atoms with Gasteiger partial charge in [0.05, 0.1) is 24.4 Å². The van der Waals surface area contributed by atoms with E-state index in [2.05, 4.69) is 39.0 Å². The first-order chi connectivity index (χ1) is 17.0. The molecule has 1 N–H and O–H groups in total. The molecule has 0 aliphatic carbocycles. The fourth-order valence-electron chi connectivity index (χ4n) is 4.43. The largest absolute Gasteiger partial charge is 0.468 e. The zero-order chi connectivity index (χ0) is 24.8. The number of anilines is 1. The number of hydrogen-bond donors (Lipinski definition) is 1. The zero-order valence-electron chi connectivity index (χ0n) is 20.0.